The number of nitrogens with zero attached hydrogens (tertiary/aromatic N) is 1. The predicted molar refractivity (Wildman–Crippen MR) is 237 cm³/mol. The highest BCUT2D eigenvalue weighted by atomic mass is 35.5. The van der Waals surface area contributed by atoms with Crippen molar-refractivity contribution in [3.8, 4) is 5.75 Å². The number of hydrogen-bond acceptors (Lipinski definition) is 7. The van der Waals surface area contributed by atoms with Gasteiger partial charge in [-0.05, 0) is 69.2 Å². The Bertz CT molecular complexity index is 2780. The van der Waals surface area contributed by atoms with Gasteiger partial charge in [-0.3, -0.25) is 18.9 Å². The van der Waals surface area contributed by atoms with Crippen molar-refractivity contribution in [2.24, 2.45) is 0 Å². The van der Waals surface area contributed by atoms with E-state index in [9.17, 15) is 19.0 Å². The monoisotopic (exact) mass is 855 g/mol. The predicted octanol–water partition coefficient (Wildman–Crippen LogP) is 8.98. The standard InChI is InChI=1S/C47H39ClN3O7PS/c1-57-34-23-21-32(22-24-34)45-44(50-46(53)38-18-10-17-37-36(38)25-26-40(43(37)48)59(55,56)58-29-30-11-3-2-4-12-30)47(54)51(39-19-7-8-20-41(39)60-45)28-42(52)49-27-33-15-9-14-31-13-5-6-16-35(31)33/h2-26,44-45H,27-29H2,1H3,(H,49,52)(H,50,53)(H,55,56)/t44-,45-/m1/s1. The van der Waals surface area contributed by atoms with Gasteiger partial charge in [0.2, 0.25) is 5.91 Å². The van der Waals surface area contributed by atoms with Crippen LogP contribution in [0.1, 0.15) is 32.3 Å². The molecule has 3 N–H and O–H groups in total. The number of rotatable bonds is 12. The van der Waals surface area contributed by atoms with Gasteiger partial charge in [0.15, 0.2) is 0 Å². The molecule has 8 rings (SSSR count). The van der Waals surface area contributed by atoms with Crippen LogP contribution in [-0.2, 0) is 31.8 Å². The normalized spacial score (nSPS) is 16.1. The first-order valence-corrected chi connectivity index (χ1v) is 21.9. The molecule has 0 bridgehead atoms. The van der Waals surface area contributed by atoms with E-state index in [1.807, 2.05) is 72.8 Å². The molecule has 10 nitrogen and oxygen atoms in total. The number of nitrogens with one attached hydrogen (secondary N) is 2. The summed E-state index contributed by atoms with van der Waals surface area (Å²) in [6.45, 7) is -0.159. The zero-order valence-corrected chi connectivity index (χ0v) is 34.8. The molecule has 0 aliphatic carbocycles. The van der Waals surface area contributed by atoms with E-state index in [1.54, 1.807) is 79.9 Å². The molecule has 3 amide bonds. The van der Waals surface area contributed by atoms with E-state index in [4.69, 9.17) is 20.9 Å². The third-order valence-corrected chi connectivity index (χ3v) is 13.8. The van der Waals surface area contributed by atoms with E-state index in [2.05, 4.69) is 10.6 Å². The van der Waals surface area contributed by atoms with Gasteiger partial charge in [0.1, 0.15) is 18.3 Å². The van der Waals surface area contributed by atoms with Crippen LogP contribution < -0.4 is 25.6 Å². The van der Waals surface area contributed by atoms with Crippen LogP contribution >= 0.6 is 31.0 Å². The molecular formula is C47H39ClN3O7PS. The second-order valence-electron chi connectivity index (χ2n) is 14.1. The fourth-order valence-electron chi connectivity index (χ4n) is 7.35. The summed E-state index contributed by atoms with van der Waals surface area (Å²) in [6, 6.07) is 44.1. The molecule has 302 valence electrons. The Kier molecular flexibility index (Phi) is 12.1. The highest BCUT2D eigenvalue weighted by Gasteiger charge is 2.40. The Morgan fingerprint density at radius 2 is 1.50 bits per heavy atom. The lowest BCUT2D eigenvalue weighted by Crippen LogP contribution is -2.52. The van der Waals surface area contributed by atoms with Gasteiger partial charge >= 0.3 is 7.60 Å². The Morgan fingerprint density at radius 1 is 0.800 bits per heavy atom. The highest BCUT2D eigenvalue weighted by molar-refractivity contribution is 7.99. The van der Waals surface area contributed by atoms with E-state index in [1.165, 1.54) is 22.7 Å². The van der Waals surface area contributed by atoms with Crippen LogP contribution in [0.2, 0.25) is 5.02 Å². The first kappa shape index (κ1) is 40.8. The topological polar surface area (TPSA) is 134 Å². The minimum Gasteiger partial charge on any atom is -0.497 e. The van der Waals surface area contributed by atoms with Crippen LogP contribution in [0.15, 0.2) is 157 Å². The highest BCUT2D eigenvalue weighted by Crippen LogP contribution is 2.47. The zero-order valence-electron chi connectivity index (χ0n) is 32.3. The smallest absolute Gasteiger partial charge is 0.360 e. The molecule has 1 unspecified atom stereocenters. The van der Waals surface area contributed by atoms with Crippen molar-refractivity contribution in [1.29, 1.82) is 0 Å². The van der Waals surface area contributed by atoms with Crippen molar-refractivity contribution in [3.05, 3.63) is 179 Å². The molecule has 7 aromatic carbocycles. The van der Waals surface area contributed by atoms with Crippen molar-refractivity contribution in [2.45, 2.75) is 29.3 Å². The molecular weight excluding hydrogens is 817 g/mol. The molecule has 0 saturated carbocycles. The van der Waals surface area contributed by atoms with Gasteiger partial charge in [0, 0.05) is 22.4 Å². The number of anilines is 1. The fraction of sp³-hybridized carbons (Fsp3) is 0.128. The van der Waals surface area contributed by atoms with Gasteiger partial charge in [-0.15, -0.1) is 11.8 Å². The summed E-state index contributed by atoms with van der Waals surface area (Å²) < 4.78 is 24.4. The van der Waals surface area contributed by atoms with Gasteiger partial charge in [0.05, 0.1) is 35.0 Å². The van der Waals surface area contributed by atoms with Crippen LogP contribution in [0.3, 0.4) is 0 Å². The lowest BCUT2D eigenvalue weighted by molar-refractivity contribution is -0.124. The van der Waals surface area contributed by atoms with Crippen molar-refractivity contribution in [3.63, 3.8) is 0 Å². The van der Waals surface area contributed by atoms with Gasteiger partial charge < -0.3 is 29.7 Å². The van der Waals surface area contributed by atoms with E-state index >= 15 is 4.79 Å². The summed E-state index contributed by atoms with van der Waals surface area (Å²) in [7, 11) is -2.82. The number of halogens is 1. The summed E-state index contributed by atoms with van der Waals surface area (Å²) in [5, 5.41) is 8.08. The number of carbonyl (C=O) groups excluding carboxylic acids is 3. The third-order valence-electron chi connectivity index (χ3n) is 10.4. The van der Waals surface area contributed by atoms with E-state index in [-0.39, 0.29) is 41.5 Å². The molecule has 0 fully saturated rings. The molecule has 0 spiro atoms. The van der Waals surface area contributed by atoms with Gasteiger partial charge in [-0.25, -0.2) is 0 Å². The largest absolute Gasteiger partial charge is 0.497 e. The number of thioether (sulfide) groups is 1. The molecule has 7 aromatic rings. The third kappa shape index (κ3) is 8.54. The molecule has 60 heavy (non-hydrogen) atoms. The maximum atomic E-state index is 15.0. The summed E-state index contributed by atoms with van der Waals surface area (Å²) in [4.78, 5) is 56.5. The quantitative estimate of drug-likeness (QED) is 0.104. The molecule has 0 aromatic heterocycles. The maximum absolute atomic E-state index is 15.0. The number of ether oxygens (including phenoxy) is 1. The lowest BCUT2D eigenvalue weighted by atomic mass is 10.0. The zero-order chi connectivity index (χ0) is 41.8. The Morgan fingerprint density at radius 3 is 2.30 bits per heavy atom. The van der Waals surface area contributed by atoms with Crippen LogP contribution in [0.25, 0.3) is 21.5 Å². The number of carbonyl (C=O) groups is 3. The van der Waals surface area contributed by atoms with Gasteiger partial charge in [0.25, 0.3) is 11.8 Å². The summed E-state index contributed by atoms with van der Waals surface area (Å²) in [5.41, 5.74) is 3.12. The second-order valence-corrected chi connectivity index (χ2v) is 17.5. The minimum absolute atomic E-state index is 0.0330. The second kappa shape index (κ2) is 17.7. The molecule has 13 heteroatoms. The SMILES string of the molecule is COc1ccc([C@H]2Sc3ccccc3N(CC(=O)NCc3cccc4ccccc34)C(=O)[C@@H]2NC(=O)c2cccc3c(Cl)c(P(=O)(O)OCc4ccccc4)ccc23)cc1. The Hall–Kier alpha value is -5.94. The summed E-state index contributed by atoms with van der Waals surface area (Å²) >= 11 is 8.21. The van der Waals surface area contributed by atoms with E-state index in [0.29, 0.717) is 27.8 Å². The van der Waals surface area contributed by atoms with Crippen molar-refractivity contribution in [2.75, 3.05) is 18.6 Å². The molecule has 3 atom stereocenters. The minimum atomic E-state index is -4.39. The summed E-state index contributed by atoms with van der Waals surface area (Å²) in [6.07, 6.45) is 0. The van der Waals surface area contributed by atoms with E-state index < -0.39 is 30.7 Å². The molecule has 0 saturated heterocycles. The molecule has 0 radical (unpaired) electrons. The molecule has 1 aliphatic rings. The average Bonchev–Trinajstić information content (AvgIpc) is 3.38. The Balaban J connectivity index is 1.11. The number of hydrogen-bond donors (Lipinski definition) is 3. The molecule has 1 heterocycles. The van der Waals surface area contributed by atoms with Gasteiger partial charge in [-0.1, -0.05) is 127 Å². The van der Waals surface area contributed by atoms with Crippen molar-refractivity contribution >= 4 is 81.2 Å². The van der Waals surface area contributed by atoms with Crippen LogP contribution in [-0.4, -0.2) is 42.3 Å². The first-order valence-electron chi connectivity index (χ1n) is 19.1. The average molecular weight is 856 g/mol. The van der Waals surface area contributed by atoms with Crippen LogP contribution in [0.4, 0.5) is 5.69 Å². The van der Waals surface area contributed by atoms with Crippen LogP contribution in [0, 0.1) is 0 Å². The maximum Gasteiger partial charge on any atom is 0.360 e. The lowest BCUT2D eigenvalue weighted by Gasteiger charge is -2.29. The Labute approximate surface area is 356 Å². The van der Waals surface area contributed by atoms with Crippen molar-refractivity contribution < 1.29 is 33.1 Å². The number of amides is 3. The van der Waals surface area contributed by atoms with Crippen LogP contribution in [0.5, 0.6) is 5.75 Å². The van der Waals surface area contributed by atoms with E-state index in [0.717, 1.165) is 26.8 Å². The van der Waals surface area contributed by atoms with Gasteiger partial charge in [-0.2, -0.15) is 0 Å². The molecule has 1 aliphatic heterocycles. The fourth-order valence-corrected chi connectivity index (χ4v) is 10.3. The number of fused-ring (bicyclic) bond motifs is 3. The number of benzene rings is 7. The number of para-hydroxylation sites is 1. The summed E-state index contributed by atoms with van der Waals surface area (Å²) in [5.74, 6) is -0.823. The first-order chi connectivity index (χ1) is 29.1. The van der Waals surface area contributed by atoms with Crippen molar-refractivity contribution in [1.82, 2.24) is 10.6 Å². The number of methoxy groups -OCH3 is 1.